The highest BCUT2D eigenvalue weighted by Crippen LogP contribution is 2.28. The Morgan fingerprint density at radius 1 is 0.511 bits per heavy atom. The molecule has 15 atom stereocenters. The maximum atomic E-state index is 15.8. The van der Waals surface area contributed by atoms with Crippen LogP contribution in [0.3, 0.4) is 0 Å². The van der Waals surface area contributed by atoms with Gasteiger partial charge in [-0.3, -0.25) is 81.5 Å². The van der Waals surface area contributed by atoms with Crippen molar-refractivity contribution in [1.82, 2.24) is 87.6 Å². The molecular weight excluding hydrogens is 1720 g/mol. The Kier molecular flexibility index (Phi) is 40.3. The van der Waals surface area contributed by atoms with E-state index in [9.17, 15) is 58.2 Å². The number of aromatic amines is 2. The number of carboxylic acids is 1. The molecule has 16 amide bonds. The van der Waals surface area contributed by atoms with Crippen molar-refractivity contribution < 1.29 is 96.5 Å². The number of thioether (sulfide) groups is 1. The van der Waals surface area contributed by atoms with Crippen molar-refractivity contribution in [2.45, 2.75) is 227 Å². The lowest BCUT2D eigenvalue weighted by Gasteiger charge is -2.36. The van der Waals surface area contributed by atoms with Crippen LogP contribution in [0.1, 0.15) is 134 Å². The predicted molar refractivity (Wildman–Crippen MR) is 484 cm³/mol. The average Bonchev–Trinajstić information content (AvgIpc) is 1.68. The zero-order valence-electron chi connectivity index (χ0n) is 75.1. The average molecular weight is 1850 g/mol. The number of fused-ring (bicyclic) bond motifs is 4. The van der Waals surface area contributed by atoms with Crippen LogP contribution in [0.15, 0.2) is 85.2 Å². The van der Waals surface area contributed by atoms with Gasteiger partial charge in [-0.1, -0.05) is 88.1 Å². The van der Waals surface area contributed by atoms with Gasteiger partial charge in [-0.2, -0.15) is 0 Å². The molecule has 42 nitrogen and oxygen atoms in total. The van der Waals surface area contributed by atoms with Gasteiger partial charge in [0.05, 0.1) is 25.5 Å². The summed E-state index contributed by atoms with van der Waals surface area (Å²) >= 11 is 0.817. The smallest absolute Gasteiger partial charge is 0.303 e. The van der Waals surface area contributed by atoms with E-state index in [1.165, 1.54) is 49.9 Å². The van der Waals surface area contributed by atoms with E-state index in [4.69, 9.17) is 33.4 Å². The normalized spacial score (nSPS) is 25.2. The zero-order valence-corrected chi connectivity index (χ0v) is 75.9. The Morgan fingerprint density at radius 3 is 1.62 bits per heavy atom. The summed E-state index contributed by atoms with van der Waals surface area (Å²) in [5, 5.41) is 49.2. The number of unbranched alkanes of at least 4 members (excludes halogenated alkanes) is 2. The van der Waals surface area contributed by atoms with E-state index in [0.29, 0.717) is 69.9 Å². The molecule has 3 aliphatic rings. The summed E-state index contributed by atoms with van der Waals surface area (Å²) in [4.78, 5) is 260. The Labute approximate surface area is 763 Å². The van der Waals surface area contributed by atoms with E-state index >= 15 is 33.6 Å². The van der Waals surface area contributed by atoms with Crippen molar-refractivity contribution in [3.63, 3.8) is 0 Å². The number of rotatable bonds is 27. The number of aliphatic hydroxyl groups excluding tert-OH is 1. The molecule has 3 fully saturated rings. The number of aliphatic hydroxyl groups is 1. The van der Waals surface area contributed by atoms with Gasteiger partial charge in [0, 0.05) is 113 Å². The van der Waals surface area contributed by atoms with E-state index in [2.05, 4.69) is 63.1 Å². The number of ether oxygens (including phenoxy) is 1. The molecule has 5 aromatic rings. The third kappa shape index (κ3) is 28.8. The first kappa shape index (κ1) is 104. The second-order valence-electron chi connectivity index (χ2n) is 33.2. The molecule has 3 aliphatic heterocycles. The molecule has 0 spiro atoms. The molecule has 131 heavy (non-hydrogen) atoms. The Balaban J connectivity index is 1.18. The fourth-order valence-corrected chi connectivity index (χ4v) is 17.1. The highest BCUT2D eigenvalue weighted by molar-refractivity contribution is 8.00. The fourth-order valence-electron chi connectivity index (χ4n) is 16.2. The van der Waals surface area contributed by atoms with Gasteiger partial charge >= 0.3 is 5.97 Å². The summed E-state index contributed by atoms with van der Waals surface area (Å²) in [6.45, 7) is 2.74. The topological polar surface area (TPSA) is 638 Å². The predicted octanol–water partition coefficient (Wildman–Crippen LogP) is -3.51. The molecule has 8 rings (SSSR count). The minimum atomic E-state index is -1.79. The number of hydrogen-bond donors (Lipinski definition) is 19. The standard InChI is InChI=1S/C88H128N22O20S/c1-8-10-23-68-81(122)99-59(22-16-34-89)77(118)105-67(76(117)96-45-72(93)112)47-131-48-73(113)97-64(38-50-26-28-54(130-7)29-27-50)84(125)106(4)49(3)75(116)100-62(33-36-91)86(127)109-37-17-25-69(109)82(123)104-66(42-92)80(121)101-61(30-31-74(114)115)87(128)110-46-53(111)41-71(110)83(124)102-63(39-51-43-94-57-20-14-12-18-55(51)57)79(120)98-60(32-35-90)78(119)103-65(40-52-44-95-58-21-15-13-19-56(52)58)85(126)108(6)70(24-11-9-2)88(129)107(68)5/h12-15,18-21,26-29,43-44,49,53,59-71,94-95,111H,8-11,16-17,22-25,30-42,45-48,89-92H2,1-7H3,(H2,93,112)(H,96,117)(H,97,113)(H,98,120)(H,99,122)(H,100,116)(H,101,121)(H,102,124)(H,103,119)(H,104,123)(H,105,118)(H,114,115)/t49-,53+,59-,60-,61-,62-,63-,64-,65-,66-,67-,68-,69?,70-,71-/m0/s1. The molecule has 2 aromatic heterocycles. The van der Waals surface area contributed by atoms with E-state index < -0.39 is 236 Å². The second kappa shape index (κ2) is 50.7. The van der Waals surface area contributed by atoms with Gasteiger partial charge in [0.2, 0.25) is 94.5 Å². The van der Waals surface area contributed by atoms with Crippen LogP contribution in [0.4, 0.5) is 0 Å². The molecule has 0 aliphatic carbocycles. The first-order valence-electron chi connectivity index (χ1n) is 44.3. The molecule has 0 saturated carbocycles. The SMILES string of the molecule is CCCC[C@H]1C(=O)N(C)[C@@H](CCCC)C(=O)N[C@@H](CCCN)C(=O)N[C@H](C(=O)NCC(N)=O)CSCC(=O)N[C@@H](Cc2ccc(OC)cc2)C(=O)N(C)[C@@H](C)C(=O)N[C@@H](CCN)C(=O)N2CCCC2C(=O)N[C@@H](CN)C(=O)N[C@@H](CCC(=O)O)C(=O)N2C[C@H](O)C[C@H]2C(=O)N[C@@H](Cc2c[nH]c3ccccc23)C(=O)N[C@@H](CCN)C(=O)N[C@@H](Cc2c[nH]c3ccccc23)C(=O)N1C. The van der Waals surface area contributed by atoms with Crippen LogP contribution in [0, 0.1) is 0 Å². The minimum absolute atomic E-state index is 0.0172. The lowest BCUT2D eigenvalue weighted by atomic mass is 9.99. The summed E-state index contributed by atoms with van der Waals surface area (Å²) in [5.41, 5.74) is 32.7. The number of para-hydroxylation sites is 2. The third-order valence-corrected chi connectivity index (χ3v) is 24.8. The molecule has 0 radical (unpaired) electrons. The first-order valence-corrected chi connectivity index (χ1v) is 45.5. The molecule has 3 saturated heterocycles. The summed E-state index contributed by atoms with van der Waals surface area (Å²) in [7, 11) is 5.48. The number of aromatic nitrogens is 2. The maximum Gasteiger partial charge on any atom is 0.303 e. The van der Waals surface area contributed by atoms with Crippen molar-refractivity contribution in [3.05, 3.63) is 102 Å². The Morgan fingerprint density at radius 2 is 1.02 bits per heavy atom. The summed E-state index contributed by atoms with van der Waals surface area (Å²) in [5.74, 6) is -16.2. The quantitative estimate of drug-likeness (QED) is 0.0242. The van der Waals surface area contributed by atoms with Gasteiger partial charge in [0.25, 0.3) is 0 Å². The number of primary amides is 1. The van der Waals surface area contributed by atoms with Crippen LogP contribution < -0.4 is 86.6 Å². The summed E-state index contributed by atoms with van der Waals surface area (Å²) in [6.07, 6.45) is 0.945. The first-order chi connectivity index (χ1) is 62.6. The Bertz CT molecular complexity index is 4840. The number of methoxy groups -OCH3 is 1. The minimum Gasteiger partial charge on any atom is -0.497 e. The van der Waals surface area contributed by atoms with Crippen LogP contribution in [-0.2, 0) is 101 Å². The molecule has 43 heteroatoms. The number of carbonyl (C=O) groups is 17. The highest BCUT2D eigenvalue weighted by atomic mass is 32.2. The Hall–Kier alpha value is -12.3. The lowest BCUT2D eigenvalue weighted by Crippen LogP contribution is -2.61. The van der Waals surface area contributed by atoms with E-state index in [0.717, 1.165) is 21.6 Å². The molecule has 716 valence electrons. The molecular formula is C88H128N22O20S. The van der Waals surface area contributed by atoms with Crippen LogP contribution in [0.25, 0.3) is 21.8 Å². The maximum absolute atomic E-state index is 15.8. The number of benzene rings is 3. The number of amides is 16. The number of nitrogens with one attached hydrogen (secondary N) is 12. The van der Waals surface area contributed by atoms with E-state index in [-0.39, 0.29) is 103 Å². The number of hydrogen-bond acceptors (Lipinski definition) is 24. The van der Waals surface area contributed by atoms with Crippen molar-refractivity contribution >= 4 is 134 Å². The van der Waals surface area contributed by atoms with Gasteiger partial charge in [0.1, 0.15) is 90.3 Å². The fraction of sp³-hybridized carbons (Fsp3) is 0.557. The van der Waals surface area contributed by atoms with Gasteiger partial charge < -0.3 is 131 Å². The number of carbonyl (C=O) groups excluding carboxylic acids is 16. The van der Waals surface area contributed by atoms with Gasteiger partial charge in [-0.25, -0.2) is 0 Å². The van der Waals surface area contributed by atoms with Crippen LogP contribution in [0.5, 0.6) is 5.75 Å². The highest BCUT2D eigenvalue weighted by Gasteiger charge is 2.46. The largest absolute Gasteiger partial charge is 0.497 e. The van der Waals surface area contributed by atoms with Crippen LogP contribution in [0.2, 0.25) is 0 Å². The van der Waals surface area contributed by atoms with E-state index in [1.54, 1.807) is 85.2 Å². The number of carboxylic acid groups (broad SMARTS) is 1. The number of H-pyrrole nitrogens is 2. The second-order valence-corrected chi connectivity index (χ2v) is 34.2. The molecule has 1 unspecified atom stereocenters. The van der Waals surface area contributed by atoms with E-state index in [1.807, 2.05) is 13.8 Å². The molecule has 0 bridgehead atoms. The van der Waals surface area contributed by atoms with Crippen LogP contribution in [-0.4, -0.2) is 321 Å². The molecule has 5 heterocycles. The number of nitrogens with zero attached hydrogens (tertiary/aromatic N) is 5. The zero-order chi connectivity index (χ0) is 95.9. The van der Waals surface area contributed by atoms with Crippen molar-refractivity contribution in [2.24, 2.45) is 28.7 Å². The molecule has 24 N–H and O–H groups in total. The van der Waals surface area contributed by atoms with Crippen LogP contribution >= 0.6 is 11.8 Å². The number of nitrogens with two attached hydrogens (primary N) is 5. The van der Waals surface area contributed by atoms with Crippen molar-refractivity contribution in [2.75, 3.05) is 85.6 Å². The van der Waals surface area contributed by atoms with Gasteiger partial charge in [-0.05, 0) is 125 Å². The lowest BCUT2D eigenvalue weighted by molar-refractivity contribution is -0.149. The number of aliphatic carboxylic acids is 1. The van der Waals surface area contributed by atoms with Gasteiger partial charge in [0.15, 0.2) is 0 Å². The summed E-state index contributed by atoms with van der Waals surface area (Å²) < 4.78 is 5.34. The molecule has 3 aromatic carbocycles. The summed E-state index contributed by atoms with van der Waals surface area (Å²) in [6, 6.07) is -0.386. The van der Waals surface area contributed by atoms with Crippen molar-refractivity contribution in [3.8, 4) is 5.75 Å². The number of likely N-dealkylation sites (N-methyl/N-ethyl adjacent to an activating group) is 3. The van der Waals surface area contributed by atoms with Crippen molar-refractivity contribution in [1.29, 1.82) is 0 Å². The monoisotopic (exact) mass is 1840 g/mol. The van der Waals surface area contributed by atoms with Gasteiger partial charge in [-0.15, -0.1) is 11.8 Å². The third-order valence-electron chi connectivity index (χ3n) is 23.8.